The summed E-state index contributed by atoms with van der Waals surface area (Å²) in [6, 6.07) is 30.3. The van der Waals surface area contributed by atoms with Gasteiger partial charge in [0.15, 0.2) is 0 Å². The molecule has 0 radical (unpaired) electrons. The molecular formula is C50H51N3O6. The molecule has 0 bridgehead atoms. The molecule has 2 amide bonds. The molecule has 9 rings (SSSR count). The van der Waals surface area contributed by atoms with E-state index in [-0.39, 0.29) is 25.0 Å². The summed E-state index contributed by atoms with van der Waals surface area (Å²) in [6.07, 6.45) is 10.4. The van der Waals surface area contributed by atoms with Crippen molar-refractivity contribution in [2.75, 3.05) is 31.6 Å². The van der Waals surface area contributed by atoms with Gasteiger partial charge >= 0.3 is 5.97 Å². The molecule has 6 atom stereocenters. The molecule has 5 aliphatic rings. The Labute approximate surface area is 346 Å². The Kier molecular flexibility index (Phi) is 11.1. The van der Waals surface area contributed by atoms with Gasteiger partial charge in [-0.25, -0.2) is 0 Å². The van der Waals surface area contributed by atoms with Crippen molar-refractivity contribution in [3.05, 3.63) is 143 Å². The van der Waals surface area contributed by atoms with Crippen LogP contribution in [0.3, 0.4) is 0 Å². The molecule has 3 saturated heterocycles. The number of nitrogens with one attached hydrogen (secondary N) is 1. The van der Waals surface area contributed by atoms with Crippen LogP contribution in [0.15, 0.2) is 115 Å². The number of aliphatic hydroxyl groups is 1. The van der Waals surface area contributed by atoms with Crippen molar-refractivity contribution in [1.29, 1.82) is 0 Å². The Morgan fingerprint density at radius 2 is 1.53 bits per heavy atom. The number of benzene rings is 4. The lowest BCUT2D eigenvalue weighted by Gasteiger charge is -2.46. The standard InChI is InChI=1S/C50H51N3O6/c54-31-32-58-41-24-14-13-23-38(41)46-50(39-33-35(27-28-40(39)51-49(50)57)26-25-34-17-7-4-8-18-34)42(47(55)52-29-15-2-1-3-16-30-52)44-48(56)59-45(37-21-11-6-12-22-37)43(53(44)46)36-19-9-5-10-20-36/h5-6,9-14,17,19-24,27-28,33,42-46,54H,1-4,7-8,15-16,18,29-32H2,(H,51,57). The first-order valence-electron chi connectivity index (χ1n) is 21.4. The van der Waals surface area contributed by atoms with Crippen molar-refractivity contribution in [2.24, 2.45) is 5.92 Å². The molecule has 4 aliphatic heterocycles. The number of carbonyl (C=O) groups excluding carboxylic acids is 3. The largest absolute Gasteiger partial charge is 0.491 e. The van der Waals surface area contributed by atoms with E-state index in [4.69, 9.17) is 9.47 Å². The highest BCUT2D eigenvalue weighted by Gasteiger charge is 2.74. The number of likely N-dealkylation sites (tertiary alicyclic amines) is 1. The molecule has 4 aromatic rings. The molecule has 59 heavy (non-hydrogen) atoms. The number of para-hydroxylation sites is 1. The molecule has 1 aliphatic carbocycles. The van der Waals surface area contributed by atoms with Crippen LogP contribution in [0, 0.1) is 17.8 Å². The summed E-state index contributed by atoms with van der Waals surface area (Å²) >= 11 is 0. The Morgan fingerprint density at radius 1 is 0.814 bits per heavy atom. The molecule has 2 N–H and O–H groups in total. The van der Waals surface area contributed by atoms with Gasteiger partial charge in [-0.15, -0.1) is 0 Å². The van der Waals surface area contributed by atoms with E-state index in [1.54, 1.807) is 0 Å². The second-order valence-electron chi connectivity index (χ2n) is 16.4. The lowest BCUT2D eigenvalue weighted by Crippen LogP contribution is -2.55. The van der Waals surface area contributed by atoms with Gasteiger partial charge in [-0.05, 0) is 85.1 Å². The zero-order valence-electron chi connectivity index (χ0n) is 33.4. The third-order valence-electron chi connectivity index (χ3n) is 13.0. The van der Waals surface area contributed by atoms with E-state index in [0.29, 0.717) is 35.7 Å². The topological polar surface area (TPSA) is 108 Å². The molecule has 3 fully saturated rings. The third-order valence-corrected chi connectivity index (χ3v) is 13.0. The molecule has 6 unspecified atom stereocenters. The van der Waals surface area contributed by atoms with E-state index in [0.717, 1.165) is 80.1 Å². The highest BCUT2D eigenvalue weighted by Crippen LogP contribution is 2.66. The van der Waals surface area contributed by atoms with Gasteiger partial charge in [-0.1, -0.05) is 116 Å². The Balaban J connectivity index is 1.33. The zero-order chi connectivity index (χ0) is 40.3. The minimum atomic E-state index is -1.63. The van der Waals surface area contributed by atoms with Crippen LogP contribution < -0.4 is 10.1 Å². The first kappa shape index (κ1) is 38.8. The lowest BCUT2D eigenvalue weighted by molar-refractivity contribution is -0.179. The quantitative estimate of drug-likeness (QED) is 0.145. The number of fused-ring (bicyclic) bond motifs is 3. The van der Waals surface area contributed by atoms with Crippen LogP contribution in [0.4, 0.5) is 5.69 Å². The van der Waals surface area contributed by atoms with E-state index < -0.39 is 41.5 Å². The number of amides is 2. The zero-order valence-corrected chi connectivity index (χ0v) is 33.4. The number of aliphatic hydroxyl groups excluding tert-OH is 1. The number of cyclic esters (lactones) is 1. The summed E-state index contributed by atoms with van der Waals surface area (Å²) < 4.78 is 12.9. The Morgan fingerprint density at radius 3 is 2.25 bits per heavy atom. The van der Waals surface area contributed by atoms with Gasteiger partial charge in [-0.2, -0.15) is 0 Å². The van der Waals surface area contributed by atoms with Crippen LogP contribution in [0.1, 0.15) is 104 Å². The summed E-state index contributed by atoms with van der Waals surface area (Å²) in [7, 11) is 0. The molecule has 302 valence electrons. The Hall–Kier alpha value is -5.69. The fourth-order valence-corrected chi connectivity index (χ4v) is 10.4. The van der Waals surface area contributed by atoms with Crippen LogP contribution in [0.5, 0.6) is 5.75 Å². The predicted molar refractivity (Wildman–Crippen MR) is 225 cm³/mol. The number of nitrogens with zero attached hydrogens (tertiary/aromatic N) is 2. The smallest absolute Gasteiger partial charge is 0.324 e. The average Bonchev–Trinajstić information content (AvgIpc) is 3.74. The van der Waals surface area contributed by atoms with E-state index in [2.05, 4.69) is 28.1 Å². The maximum absolute atomic E-state index is 15.8. The molecule has 4 aromatic carbocycles. The molecule has 9 heteroatoms. The van der Waals surface area contributed by atoms with Crippen molar-refractivity contribution in [2.45, 2.75) is 87.4 Å². The average molecular weight is 790 g/mol. The number of hydrogen-bond acceptors (Lipinski definition) is 7. The summed E-state index contributed by atoms with van der Waals surface area (Å²) in [5, 5.41) is 13.2. The number of anilines is 1. The number of morpholine rings is 1. The van der Waals surface area contributed by atoms with Crippen LogP contribution >= 0.6 is 0 Å². The highest BCUT2D eigenvalue weighted by atomic mass is 16.6. The van der Waals surface area contributed by atoms with Gasteiger partial charge in [0, 0.05) is 29.9 Å². The van der Waals surface area contributed by atoms with Gasteiger partial charge in [0.2, 0.25) is 11.8 Å². The summed E-state index contributed by atoms with van der Waals surface area (Å²) in [5.41, 5.74) is 3.75. The van der Waals surface area contributed by atoms with E-state index in [1.807, 2.05) is 108 Å². The number of ether oxygens (including phenoxy) is 2. The molecule has 0 saturated carbocycles. The minimum absolute atomic E-state index is 0.0193. The molecule has 0 aromatic heterocycles. The van der Waals surface area contributed by atoms with Crippen molar-refractivity contribution in [3.63, 3.8) is 0 Å². The number of esters is 1. The van der Waals surface area contributed by atoms with E-state index >= 15 is 14.4 Å². The van der Waals surface area contributed by atoms with Crippen molar-refractivity contribution < 1.29 is 29.0 Å². The number of rotatable bonds is 7. The van der Waals surface area contributed by atoms with Crippen LogP contribution in [-0.2, 0) is 24.5 Å². The van der Waals surface area contributed by atoms with E-state index in [9.17, 15) is 5.11 Å². The molecule has 4 heterocycles. The normalized spacial score (nSPS) is 26.6. The third kappa shape index (κ3) is 7.02. The van der Waals surface area contributed by atoms with Crippen LogP contribution in [0.2, 0.25) is 0 Å². The second kappa shape index (κ2) is 16.9. The fraction of sp³-hybridized carbons (Fsp3) is 0.380. The molecule has 9 nitrogen and oxygen atoms in total. The van der Waals surface area contributed by atoms with Crippen molar-refractivity contribution >= 4 is 23.5 Å². The monoisotopic (exact) mass is 789 g/mol. The lowest BCUT2D eigenvalue weighted by atomic mass is 9.64. The fourth-order valence-electron chi connectivity index (χ4n) is 10.4. The maximum Gasteiger partial charge on any atom is 0.324 e. The van der Waals surface area contributed by atoms with Gasteiger partial charge in [0.25, 0.3) is 0 Å². The Bertz CT molecular complexity index is 2290. The van der Waals surface area contributed by atoms with Gasteiger partial charge in [-0.3, -0.25) is 19.3 Å². The summed E-state index contributed by atoms with van der Waals surface area (Å²) in [5.74, 6) is 4.97. The second-order valence-corrected chi connectivity index (χ2v) is 16.4. The molecule has 1 spiro atoms. The van der Waals surface area contributed by atoms with Crippen molar-refractivity contribution in [1.82, 2.24) is 9.80 Å². The van der Waals surface area contributed by atoms with Gasteiger partial charge in [0.05, 0.1) is 24.6 Å². The van der Waals surface area contributed by atoms with Crippen LogP contribution in [-0.4, -0.2) is 65.0 Å². The number of carbonyl (C=O) groups is 3. The number of hydrogen-bond donors (Lipinski definition) is 2. The van der Waals surface area contributed by atoms with Crippen LogP contribution in [0.25, 0.3) is 0 Å². The van der Waals surface area contributed by atoms with E-state index in [1.165, 1.54) is 0 Å². The summed E-state index contributed by atoms with van der Waals surface area (Å²) in [6.45, 7) is 0.880. The maximum atomic E-state index is 15.8. The first-order valence-corrected chi connectivity index (χ1v) is 21.4. The van der Waals surface area contributed by atoms with Gasteiger partial charge in [0.1, 0.15) is 29.9 Å². The SMILES string of the molecule is O=C1OC(c2ccccc2)C(c2ccccc2)N2C1C(C(=O)N1CCCCCCC1)C1(C(=O)Nc3ccc(C#CC4=CCCCC4)cc31)C2c1ccccc1OCCO. The minimum Gasteiger partial charge on any atom is -0.491 e. The number of allylic oxidation sites excluding steroid dienone is 2. The predicted octanol–water partition coefficient (Wildman–Crippen LogP) is 7.97. The van der Waals surface area contributed by atoms with Gasteiger partial charge < -0.3 is 24.8 Å². The first-order chi connectivity index (χ1) is 29.0. The molecular weight excluding hydrogens is 739 g/mol. The highest BCUT2D eigenvalue weighted by molar-refractivity contribution is 6.12. The van der Waals surface area contributed by atoms with Crippen molar-refractivity contribution in [3.8, 4) is 17.6 Å². The summed E-state index contributed by atoms with van der Waals surface area (Å²) in [4.78, 5) is 50.8.